The fraction of sp³-hybridized carbons (Fsp3) is 0.316. The smallest absolute Gasteiger partial charge is 0.232 e. The first-order chi connectivity index (χ1) is 11.7. The highest BCUT2D eigenvalue weighted by Crippen LogP contribution is 2.30. The summed E-state index contributed by atoms with van der Waals surface area (Å²) in [7, 11) is 0. The highest BCUT2D eigenvalue weighted by atomic mass is 32.2. The van der Waals surface area contributed by atoms with Crippen LogP contribution in [-0.2, 0) is 10.5 Å². The van der Waals surface area contributed by atoms with Crippen LogP contribution in [0, 0.1) is 0 Å². The van der Waals surface area contributed by atoms with E-state index in [4.69, 9.17) is 9.47 Å². The lowest BCUT2D eigenvalue weighted by Gasteiger charge is -2.26. The topological polar surface area (TPSA) is 47.6 Å². The number of carbonyl (C=O) groups is 1. The number of fused-ring (bicyclic) bond motifs is 1. The molecule has 0 aliphatic carbocycles. The predicted octanol–water partition coefficient (Wildman–Crippen LogP) is 3.26. The standard InChI is InChI=1S/C19H21NO3S/c1-14(24-13-15-7-3-2-4-8-15)19(21)20-11-16-12-22-17-9-5-6-10-18(17)23-16/h2-10,14,16H,11-13H2,1H3,(H,20,21). The first kappa shape index (κ1) is 16.7. The van der Waals surface area contributed by atoms with E-state index >= 15 is 0 Å². The summed E-state index contributed by atoms with van der Waals surface area (Å²) in [6.07, 6.45) is -0.157. The van der Waals surface area contributed by atoms with Gasteiger partial charge in [0.1, 0.15) is 12.7 Å². The molecule has 0 radical (unpaired) electrons. The second-order valence-electron chi connectivity index (χ2n) is 5.68. The first-order valence-corrected chi connectivity index (χ1v) is 9.09. The molecule has 0 saturated carbocycles. The van der Waals surface area contributed by atoms with Crippen molar-refractivity contribution in [3.63, 3.8) is 0 Å². The third kappa shape index (κ3) is 4.45. The van der Waals surface area contributed by atoms with Crippen LogP contribution in [0.1, 0.15) is 12.5 Å². The molecule has 1 amide bonds. The van der Waals surface area contributed by atoms with Crippen LogP contribution in [0.15, 0.2) is 54.6 Å². The molecule has 2 unspecified atom stereocenters. The summed E-state index contributed by atoms with van der Waals surface area (Å²) in [5.74, 6) is 2.34. The molecular formula is C19H21NO3S. The van der Waals surface area contributed by atoms with Gasteiger partial charge in [-0.3, -0.25) is 4.79 Å². The van der Waals surface area contributed by atoms with Gasteiger partial charge in [0.2, 0.25) is 5.91 Å². The zero-order chi connectivity index (χ0) is 16.8. The summed E-state index contributed by atoms with van der Waals surface area (Å²) in [6, 6.07) is 17.7. The van der Waals surface area contributed by atoms with Gasteiger partial charge in [0, 0.05) is 5.75 Å². The molecule has 1 aliphatic rings. The SMILES string of the molecule is CC(SCc1ccccc1)C(=O)NCC1COc2ccccc2O1. The Hall–Kier alpha value is -2.14. The summed E-state index contributed by atoms with van der Waals surface area (Å²) in [4.78, 5) is 12.2. The van der Waals surface area contributed by atoms with Crippen LogP contribution >= 0.6 is 11.8 Å². The molecule has 5 heteroatoms. The Balaban J connectivity index is 1.42. The summed E-state index contributed by atoms with van der Waals surface area (Å²) in [5, 5.41) is 2.85. The van der Waals surface area contributed by atoms with Crippen LogP contribution in [0.5, 0.6) is 11.5 Å². The number of rotatable bonds is 6. The van der Waals surface area contributed by atoms with Gasteiger partial charge in [0.15, 0.2) is 11.5 Å². The molecule has 0 aromatic heterocycles. The predicted molar refractivity (Wildman–Crippen MR) is 96.6 cm³/mol. The summed E-state index contributed by atoms with van der Waals surface area (Å²) < 4.78 is 11.5. The number of carbonyl (C=O) groups excluding carboxylic acids is 1. The van der Waals surface area contributed by atoms with Crippen molar-refractivity contribution in [1.82, 2.24) is 5.32 Å². The van der Waals surface area contributed by atoms with Gasteiger partial charge in [-0.25, -0.2) is 0 Å². The highest BCUT2D eigenvalue weighted by Gasteiger charge is 2.22. The number of para-hydroxylation sites is 2. The van der Waals surface area contributed by atoms with Crippen molar-refractivity contribution in [3.05, 3.63) is 60.2 Å². The molecule has 1 heterocycles. The van der Waals surface area contributed by atoms with Gasteiger partial charge < -0.3 is 14.8 Å². The Morgan fingerprint density at radius 3 is 2.67 bits per heavy atom. The Morgan fingerprint density at radius 1 is 1.17 bits per heavy atom. The van der Waals surface area contributed by atoms with E-state index < -0.39 is 0 Å². The molecule has 24 heavy (non-hydrogen) atoms. The highest BCUT2D eigenvalue weighted by molar-refractivity contribution is 7.99. The van der Waals surface area contributed by atoms with Crippen molar-refractivity contribution in [1.29, 1.82) is 0 Å². The van der Waals surface area contributed by atoms with E-state index in [1.165, 1.54) is 5.56 Å². The maximum Gasteiger partial charge on any atom is 0.232 e. The Labute approximate surface area is 146 Å². The van der Waals surface area contributed by atoms with Crippen LogP contribution in [0.3, 0.4) is 0 Å². The lowest BCUT2D eigenvalue weighted by Crippen LogP contribution is -2.42. The third-order valence-corrected chi connectivity index (χ3v) is 5.00. The number of benzene rings is 2. The summed E-state index contributed by atoms with van der Waals surface area (Å²) in [5.41, 5.74) is 1.22. The minimum atomic E-state index is -0.157. The van der Waals surface area contributed by atoms with Crippen molar-refractivity contribution < 1.29 is 14.3 Å². The largest absolute Gasteiger partial charge is 0.486 e. The molecule has 3 rings (SSSR count). The van der Waals surface area contributed by atoms with E-state index in [9.17, 15) is 4.79 Å². The van der Waals surface area contributed by atoms with Crippen molar-refractivity contribution in [2.75, 3.05) is 13.2 Å². The quantitative estimate of drug-likeness (QED) is 0.874. The van der Waals surface area contributed by atoms with Gasteiger partial charge in [0.05, 0.1) is 11.8 Å². The molecule has 1 N–H and O–H groups in total. The molecule has 0 bridgehead atoms. The van der Waals surface area contributed by atoms with Gasteiger partial charge >= 0.3 is 0 Å². The molecule has 0 fully saturated rings. The fourth-order valence-electron chi connectivity index (χ4n) is 2.39. The van der Waals surface area contributed by atoms with E-state index in [1.807, 2.05) is 49.4 Å². The van der Waals surface area contributed by atoms with Crippen LogP contribution in [0.2, 0.25) is 0 Å². The maximum atomic E-state index is 12.2. The monoisotopic (exact) mass is 343 g/mol. The second-order valence-corrected chi connectivity index (χ2v) is 7.01. The van der Waals surface area contributed by atoms with E-state index in [1.54, 1.807) is 11.8 Å². The molecule has 1 aliphatic heterocycles. The lowest BCUT2D eigenvalue weighted by atomic mass is 10.2. The van der Waals surface area contributed by atoms with E-state index in [0.717, 1.165) is 17.3 Å². The normalized spacial score (nSPS) is 17.1. The number of thioether (sulfide) groups is 1. The molecule has 0 spiro atoms. The molecule has 2 aromatic rings. The zero-order valence-electron chi connectivity index (χ0n) is 13.6. The van der Waals surface area contributed by atoms with Gasteiger partial charge in [-0.2, -0.15) is 0 Å². The summed E-state index contributed by atoms with van der Waals surface area (Å²) >= 11 is 1.63. The van der Waals surface area contributed by atoms with Crippen molar-refractivity contribution >= 4 is 17.7 Å². The average Bonchev–Trinajstić information content (AvgIpc) is 2.64. The van der Waals surface area contributed by atoms with Gasteiger partial charge in [-0.1, -0.05) is 42.5 Å². The third-order valence-electron chi connectivity index (χ3n) is 3.78. The maximum absolute atomic E-state index is 12.2. The number of hydrogen-bond donors (Lipinski definition) is 1. The van der Waals surface area contributed by atoms with Crippen molar-refractivity contribution in [2.45, 2.75) is 24.0 Å². The summed E-state index contributed by atoms with van der Waals surface area (Å²) in [6.45, 7) is 2.82. The van der Waals surface area contributed by atoms with Crippen molar-refractivity contribution in [3.8, 4) is 11.5 Å². The fourth-order valence-corrected chi connectivity index (χ4v) is 3.26. The molecule has 4 nitrogen and oxygen atoms in total. The Morgan fingerprint density at radius 2 is 1.88 bits per heavy atom. The molecule has 2 atom stereocenters. The van der Waals surface area contributed by atoms with E-state index in [0.29, 0.717) is 13.2 Å². The van der Waals surface area contributed by atoms with Gasteiger partial charge in [0.25, 0.3) is 0 Å². The van der Waals surface area contributed by atoms with Gasteiger partial charge in [-0.05, 0) is 24.6 Å². The minimum absolute atomic E-state index is 0.0263. The molecular weight excluding hydrogens is 322 g/mol. The average molecular weight is 343 g/mol. The van der Waals surface area contributed by atoms with Crippen LogP contribution in [-0.4, -0.2) is 30.4 Å². The number of ether oxygens (including phenoxy) is 2. The number of amides is 1. The first-order valence-electron chi connectivity index (χ1n) is 8.04. The zero-order valence-corrected chi connectivity index (χ0v) is 14.4. The Kier molecular flexibility index (Phi) is 5.64. The second kappa shape index (κ2) is 8.11. The van der Waals surface area contributed by atoms with Crippen LogP contribution in [0.4, 0.5) is 0 Å². The Bertz CT molecular complexity index is 677. The van der Waals surface area contributed by atoms with Crippen LogP contribution < -0.4 is 14.8 Å². The van der Waals surface area contributed by atoms with Crippen molar-refractivity contribution in [2.24, 2.45) is 0 Å². The number of hydrogen-bond acceptors (Lipinski definition) is 4. The van der Waals surface area contributed by atoms with E-state index in [2.05, 4.69) is 17.4 Å². The molecule has 126 valence electrons. The molecule has 0 saturated heterocycles. The number of nitrogens with one attached hydrogen (secondary N) is 1. The lowest BCUT2D eigenvalue weighted by molar-refractivity contribution is -0.120. The minimum Gasteiger partial charge on any atom is -0.486 e. The van der Waals surface area contributed by atoms with E-state index in [-0.39, 0.29) is 17.3 Å². The van der Waals surface area contributed by atoms with Gasteiger partial charge in [-0.15, -0.1) is 11.8 Å². The molecule has 2 aromatic carbocycles. The van der Waals surface area contributed by atoms with Crippen LogP contribution in [0.25, 0.3) is 0 Å².